The van der Waals surface area contributed by atoms with Crippen molar-refractivity contribution < 1.29 is 210 Å². The fraction of sp³-hybridized carbons (Fsp3) is 0.345. The van der Waals surface area contributed by atoms with Crippen LogP contribution in [0.3, 0.4) is 0 Å². The average molecular weight is 1220 g/mol. The predicted molar refractivity (Wildman–Crippen MR) is 284 cm³/mol. The van der Waals surface area contributed by atoms with E-state index >= 15 is 0 Å². The monoisotopic (exact) mass is 1220 g/mol. The molecule has 404 valence electrons. The maximum atomic E-state index is 12.1. The Bertz CT molecular complexity index is 3430. The van der Waals surface area contributed by atoms with Gasteiger partial charge in [-0.25, -0.2) is 16.8 Å². The first-order chi connectivity index (χ1) is 36.2. The fourth-order valence-electron chi connectivity index (χ4n) is 10.8. The third-order valence-electron chi connectivity index (χ3n) is 14.3. The summed E-state index contributed by atoms with van der Waals surface area (Å²) in [7, 11) is -9.11. The molecule has 3 aliphatic rings. The molecule has 0 saturated heterocycles. The van der Waals surface area contributed by atoms with Crippen LogP contribution >= 0.6 is 24.1 Å². The third kappa shape index (κ3) is 17.5. The summed E-state index contributed by atoms with van der Waals surface area (Å²) in [5.74, 6) is -1.08. The average Bonchev–Trinajstić information content (AvgIpc) is 3.87. The molecule has 0 unspecified atom stereocenters. The van der Waals surface area contributed by atoms with Gasteiger partial charge in [-0.05, 0) is 164 Å². The zero-order valence-corrected chi connectivity index (χ0v) is 58.7. The molecule has 2 aliphatic heterocycles. The number of benzene rings is 5. The number of nitrogens with zero attached hydrogens (tertiary/aromatic N) is 2. The minimum Gasteiger partial charge on any atom is -0.748 e. The first-order valence-electron chi connectivity index (χ1n) is 24.8. The molecule has 1 N–H and O–H groups in total. The van der Waals surface area contributed by atoms with Crippen LogP contribution in [0.4, 0.5) is 17.1 Å². The van der Waals surface area contributed by atoms with Crippen molar-refractivity contribution in [1.82, 2.24) is 0 Å². The van der Waals surface area contributed by atoms with E-state index in [9.17, 15) is 46.4 Å². The smallest absolute Gasteiger partial charge is 0.748 e. The predicted octanol–water partition coefficient (Wildman–Crippen LogP) is -4.11. The zero-order chi connectivity index (χ0) is 54.4. The summed E-state index contributed by atoms with van der Waals surface area (Å²) in [6.07, 6.45) is 13.1. The number of unbranched alkanes of at least 4 members (excludes halogenated alkanes) is 2. The van der Waals surface area contributed by atoms with E-state index in [4.69, 9.17) is 0 Å². The quantitative estimate of drug-likeness (QED) is 0.0117. The molecule has 5 aromatic rings. The molecule has 8 rings (SSSR count). The molecule has 0 fully saturated rings. The van der Waals surface area contributed by atoms with Crippen LogP contribution in [0.2, 0.25) is 0 Å². The van der Waals surface area contributed by atoms with Crippen LogP contribution in [0.25, 0.3) is 21.5 Å². The van der Waals surface area contributed by atoms with Crippen molar-refractivity contribution in [2.75, 3.05) is 34.8 Å². The van der Waals surface area contributed by atoms with Crippen LogP contribution in [0, 0.1) is 0 Å². The third-order valence-corrected chi connectivity index (χ3v) is 17.1. The van der Waals surface area contributed by atoms with Crippen molar-refractivity contribution in [3.05, 3.63) is 148 Å². The van der Waals surface area contributed by atoms with Gasteiger partial charge in [0.15, 0.2) is 5.71 Å². The summed E-state index contributed by atoms with van der Waals surface area (Å²) >= 11 is 1.74. The molecule has 0 amide bonds. The molecule has 25 heteroatoms. The molecule has 0 spiro atoms. The van der Waals surface area contributed by atoms with E-state index in [-0.39, 0.29) is 158 Å². The van der Waals surface area contributed by atoms with Gasteiger partial charge in [0.25, 0.3) is 0 Å². The van der Waals surface area contributed by atoms with E-state index in [0.717, 1.165) is 122 Å². The second-order valence-electron chi connectivity index (χ2n) is 20.0. The summed E-state index contributed by atoms with van der Waals surface area (Å²) in [6.45, 7) is 9.58. The summed E-state index contributed by atoms with van der Waals surface area (Å²) in [4.78, 5) is 13.9. The Morgan fingerprint density at radius 3 is 2.15 bits per heavy atom. The number of anilines is 2. The van der Waals surface area contributed by atoms with E-state index in [1.807, 2.05) is 66.7 Å². The van der Waals surface area contributed by atoms with Crippen molar-refractivity contribution in [3.8, 4) is 0 Å². The Hall–Kier alpha value is -0.764. The van der Waals surface area contributed by atoms with E-state index in [1.54, 1.807) is 6.07 Å². The van der Waals surface area contributed by atoms with Gasteiger partial charge in [0, 0.05) is 93.3 Å². The van der Waals surface area contributed by atoms with E-state index in [1.165, 1.54) is 12.1 Å². The number of allylic oxidation sites excluding steroid dienone is 7. The van der Waals surface area contributed by atoms with E-state index in [0.29, 0.717) is 54.8 Å². The first kappa shape index (κ1) is 71.7. The van der Waals surface area contributed by atoms with Gasteiger partial charge in [-0.3, -0.25) is 10.1 Å². The number of fused-ring (bicyclic) bond motifs is 6. The first-order valence-corrected chi connectivity index (χ1v) is 29.4. The number of aliphatic carboxylic acids is 1. The number of hydrogen-bond donors (Lipinski definition) is 1. The molecule has 0 aromatic heterocycles. The molecule has 0 atom stereocenters. The largest absolute Gasteiger partial charge is 1.00 e. The molecule has 0 bridgehead atoms. The number of aryl methyl sites for hydroxylation is 1. The molecule has 17 nitrogen and oxygen atoms in total. The van der Waals surface area contributed by atoms with E-state index < -0.39 is 42.8 Å². The van der Waals surface area contributed by atoms with E-state index in [2.05, 4.69) is 85.5 Å². The molecular weight excluding hydrogens is 1160 g/mol. The Morgan fingerprint density at radius 1 is 0.775 bits per heavy atom. The maximum Gasteiger partial charge on any atom is 1.00 e. The standard InChI is InChI=1S/C55H61N3O14S4.K.3Na/c1-54(2)49(58(31-6-8-33-75(63,64)65)46-25-15-39-34-42(74-72-70-62)21-23-44(39)51(46)54)28-18-38-11-9-10-37(53(38)56-41-19-12-36(13-20-41)14-29-50(59)60)17-27-48-55(3,4)52-45-24-22-43(76(66,67)68)35-40(45)16-26-47(52)57(48)30-5-7-32-73-71-69-61;;;;/h12-13,15-28,34-35H,5-11,14,29-33H2,1-4H3,(H5,59,60,61,62,63,64,65,66,67,68);;;;/q;4*+1/p-4/b37-17+,48-27+;;;;. The molecule has 0 saturated carbocycles. The van der Waals surface area contributed by atoms with Crippen LogP contribution in [0.15, 0.2) is 142 Å². The van der Waals surface area contributed by atoms with Crippen LogP contribution < -0.4 is 166 Å². The zero-order valence-electron chi connectivity index (χ0n) is 46.3. The minimum absolute atomic E-state index is 0. The van der Waals surface area contributed by atoms with Crippen molar-refractivity contribution in [1.29, 1.82) is 0 Å². The Balaban J connectivity index is 0.00000344. The van der Waals surface area contributed by atoms with Gasteiger partial charge in [-0.1, -0.05) is 56.3 Å². The molecule has 0 radical (unpaired) electrons. The van der Waals surface area contributed by atoms with Gasteiger partial charge >= 0.3 is 140 Å². The van der Waals surface area contributed by atoms with Gasteiger partial charge in [-0.2, -0.15) is 13.2 Å². The number of rotatable bonds is 24. The number of carboxylic acid groups (broad SMARTS) is 1. The molecule has 2 heterocycles. The van der Waals surface area contributed by atoms with Crippen molar-refractivity contribution in [2.24, 2.45) is 0 Å². The summed E-state index contributed by atoms with van der Waals surface area (Å²) in [5, 5.41) is 46.5. The van der Waals surface area contributed by atoms with Crippen LogP contribution in [0.1, 0.15) is 95.8 Å². The Labute approximate surface area is 585 Å². The van der Waals surface area contributed by atoms with Crippen molar-refractivity contribution in [2.45, 2.75) is 106 Å². The Morgan fingerprint density at radius 2 is 1.46 bits per heavy atom. The van der Waals surface area contributed by atoms with Crippen molar-refractivity contribution >= 4 is 94.6 Å². The molecule has 5 aromatic carbocycles. The van der Waals surface area contributed by atoms with Crippen molar-refractivity contribution in [3.63, 3.8) is 0 Å². The molecule has 80 heavy (non-hydrogen) atoms. The number of nitrogens with one attached hydrogen (secondary N) is 1. The maximum absolute atomic E-state index is 12.1. The normalized spacial score (nSPS) is 16.6. The topological polar surface area (TPSA) is 256 Å². The molecular formula is C55H57KN3Na3O14S4. The number of carbonyl (C=O) groups excluding carboxylic acids is 1. The van der Waals surface area contributed by atoms with Gasteiger partial charge in [-0.15, -0.1) is 0 Å². The SMILES string of the molecule is CC1(C)C(/C=C/C2=C(Nc3ccc(CCC(=O)[O-])cc3)C(=C/C=C3/N(CCCCSOO[O-])c4ccc5cc(S(=O)(=O)[O-])ccc5c4C3(C)C)/CCC2)=[N+](CCCCS(=O)(=O)[O-])c2ccc3cc(SOO[O-])ccc3c21.[K+].[Na+].[Na+].[Na+]. The minimum atomic E-state index is -4.70. The van der Waals surface area contributed by atoms with Gasteiger partial charge in [0.2, 0.25) is 5.69 Å². The van der Waals surface area contributed by atoms with Crippen LogP contribution in [-0.2, 0) is 61.0 Å². The second-order valence-corrected chi connectivity index (χ2v) is 24.4. The number of carboxylic acids is 1. The van der Waals surface area contributed by atoms with Crippen LogP contribution in [0.5, 0.6) is 0 Å². The number of hydrogen-bond acceptors (Lipinski definition) is 18. The van der Waals surface area contributed by atoms with Gasteiger partial charge < -0.3 is 39.7 Å². The Kier molecular flexibility index (Phi) is 28.5. The fourth-order valence-corrected chi connectivity index (χ4v) is 12.7. The summed E-state index contributed by atoms with van der Waals surface area (Å²) < 4.78 is 82.5. The van der Waals surface area contributed by atoms with Gasteiger partial charge in [0.05, 0.1) is 32.5 Å². The summed E-state index contributed by atoms with van der Waals surface area (Å²) in [6, 6.07) is 25.7. The summed E-state index contributed by atoms with van der Waals surface area (Å²) in [5.41, 5.74) is 9.23. The molecule has 1 aliphatic carbocycles. The number of carbonyl (C=O) groups is 1. The van der Waals surface area contributed by atoms with Gasteiger partial charge in [0.1, 0.15) is 16.7 Å². The second kappa shape index (κ2) is 31.8. The van der Waals surface area contributed by atoms with Crippen LogP contribution in [-0.4, -0.2) is 66.8 Å².